The first-order chi connectivity index (χ1) is 6.72. The second-order valence-corrected chi connectivity index (χ2v) is 3.97. The van der Waals surface area contributed by atoms with Gasteiger partial charge in [0, 0.05) is 20.1 Å². The Labute approximate surface area is 84.7 Å². The summed E-state index contributed by atoms with van der Waals surface area (Å²) in [5.41, 5.74) is 2.25. The van der Waals surface area contributed by atoms with E-state index in [1.165, 1.54) is 12.1 Å². The van der Waals surface area contributed by atoms with Crippen molar-refractivity contribution in [1.29, 1.82) is 0 Å². The van der Waals surface area contributed by atoms with Crippen molar-refractivity contribution in [2.75, 3.05) is 23.7 Å². The number of rotatable bonds is 1. The average Bonchev–Trinajstić information content (AvgIpc) is 2.40. The number of anilines is 2. The summed E-state index contributed by atoms with van der Waals surface area (Å²) in [6.07, 6.45) is 1.21. The first-order valence-electron chi connectivity index (χ1n) is 5.23. The van der Waals surface area contributed by atoms with Crippen LogP contribution in [0.1, 0.15) is 19.0 Å². The van der Waals surface area contributed by atoms with Gasteiger partial charge in [0.05, 0.1) is 5.69 Å². The standard InChI is InChI=1S/C10H18N4/c1-4-8-5-11-9-7(2)13-14(3)10(9)12-6-8/h8,11-12H,4-6H2,1-3H3. The van der Waals surface area contributed by atoms with Gasteiger partial charge in [-0.1, -0.05) is 6.92 Å². The fraction of sp³-hybridized carbons (Fsp3) is 0.700. The van der Waals surface area contributed by atoms with E-state index in [0.717, 1.165) is 24.6 Å². The van der Waals surface area contributed by atoms with Crippen molar-refractivity contribution in [2.45, 2.75) is 20.3 Å². The third-order valence-corrected chi connectivity index (χ3v) is 2.93. The van der Waals surface area contributed by atoms with E-state index < -0.39 is 0 Å². The van der Waals surface area contributed by atoms with Gasteiger partial charge >= 0.3 is 0 Å². The minimum absolute atomic E-state index is 0.710. The van der Waals surface area contributed by atoms with Crippen LogP contribution in [0.25, 0.3) is 0 Å². The lowest BCUT2D eigenvalue weighted by Gasteiger charge is -2.11. The zero-order chi connectivity index (χ0) is 10.1. The Hall–Kier alpha value is -1.19. The molecular weight excluding hydrogens is 176 g/mol. The van der Waals surface area contributed by atoms with Crippen LogP contribution in [0.15, 0.2) is 0 Å². The Balaban J connectivity index is 2.26. The normalized spacial score (nSPS) is 20.6. The molecule has 1 atom stereocenters. The highest BCUT2D eigenvalue weighted by Gasteiger charge is 2.18. The molecule has 2 heterocycles. The van der Waals surface area contributed by atoms with Crippen molar-refractivity contribution in [3.63, 3.8) is 0 Å². The lowest BCUT2D eigenvalue weighted by Crippen LogP contribution is -2.18. The summed E-state index contributed by atoms with van der Waals surface area (Å²) < 4.78 is 1.91. The van der Waals surface area contributed by atoms with Crippen LogP contribution in [0.4, 0.5) is 11.5 Å². The van der Waals surface area contributed by atoms with Crippen molar-refractivity contribution < 1.29 is 0 Å². The summed E-state index contributed by atoms with van der Waals surface area (Å²) >= 11 is 0. The van der Waals surface area contributed by atoms with Gasteiger partial charge in [-0.3, -0.25) is 4.68 Å². The summed E-state index contributed by atoms with van der Waals surface area (Å²) in [6, 6.07) is 0. The largest absolute Gasteiger partial charge is 0.380 e. The fourth-order valence-electron chi connectivity index (χ4n) is 1.92. The molecule has 0 saturated heterocycles. The third kappa shape index (κ3) is 1.45. The zero-order valence-corrected chi connectivity index (χ0v) is 9.09. The van der Waals surface area contributed by atoms with Gasteiger partial charge in [-0.25, -0.2) is 0 Å². The molecular formula is C10H18N4. The van der Waals surface area contributed by atoms with Crippen LogP contribution in [0.5, 0.6) is 0 Å². The highest BCUT2D eigenvalue weighted by molar-refractivity contribution is 5.68. The fourth-order valence-corrected chi connectivity index (χ4v) is 1.92. The van der Waals surface area contributed by atoms with Gasteiger partial charge in [0.1, 0.15) is 11.5 Å². The molecule has 2 N–H and O–H groups in total. The molecule has 1 aromatic heterocycles. The maximum Gasteiger partial charge on any atom is 0.147 e. The molecule has 1 unspecified atom stereocenters. The van der Waals surface area contributed by atoms with Gasteiger partial charge in [-0.15, -0.1) is 0 Å². The Morgan fingerprint density at radius 3 is 2.86 bits per heavy atom. The molecule has 0 bridgehead atoms. The van der Waals surface area contributed by atoms with Crippen LogP contribution >= 0.6 is 0 Å². The van der Waals surface area contributed by atoms with Crippen LogP contribution in [0, 0.1) is 12.8 Å². The summed E-state index contributed by atoms with van der Waals surface area (Å²) in [5.74, 6) is 1.83. The predicted molar refractivity (Wildman–Crippen MR) is 58.7 cm³/mol. The summed E-state index contributed by atoms with van der Waals surface area (Å²) in [5, 5.41) is 11.3. The maximum absolute atomic E-state index is 4.38. The maximum atomic E-state index is 4.38. The lowest BCUT2D eigenvalue weighted by molar-refractivity contribution is 0.566. The first kappa shape index (κ1) is 9.37. The van der Waals surface area contributed by atoms with E-state index >= 15 is 0 Å². The Bertz CT molecular complexity index is 301. The summed E-state index contributed by atoms with van der Waals surface area (Å²) in [4.78, 5) is 0. The van der Waals surface area contributed by atoms with Crippen LogP contribution in [-0.4, -0.2) is 22.9 Å². The van der Waals surface area contributed by atoms with Crippen LogP contribution < -0.4 is 10.6 Å². The van der Waals surface area contributed by atoms with Gasteiger partial charge in [0.25, 0.3) is 0 Å². The molecule has 0 aliphatic carbocycles. The molecule has 0 saturated carbocycles. The minimum Gasteiger partial charge on any atom is -0.380 e. The second kappa shape index (κ2) is 3.52. The molecule has 1 aliphatic rings. The molecule has 4 heteroatoms. The van der Waals surface area contributed by atoms with Gasteiger partial charge in [-0.05, 0) is 19.3 Å². The van der Waals surface area contributed by atoms with Gasteiger partial charge in [0.15, 0.2) is 0 Å². The van der Waals surface area contributed by atoms with E-state index in [4.69, 9.17) is 0 Å². The first-order valence-corrected chi connectivity index (χ1v) is 5.23. The number of aryl methyl sites for hydroxylation is 2. The Kier molecular flexibility index (Phi) is 2.35. The van der Waals surface area contributed by atoms with E-state index in [-0.39, 0.29) is 0 Å². The molecule has 1 aromatic rings. The van der Waals surface area contributed by atoms with Crippen molar-refractivity contribution in [3.8, 4) is 0 Å². The minimum atomic E-state index is 0.710. The van der Waals surface area contributed by atoms with Gasteiger partial charge in [-0.2, -0.15) is 5.10 Å². The quantitative estimate of drug-likeness (QED) is 0.713. The lowest BCUT2D eigenvalue weighted by atomic mass is 10.1. The van der Waals surface area contributed by atoms with Crippen LogP contribution in [0.3, 0.4) is 0 Å². The topological polar surface area (TPSA) is 41.9 Å². The molecule has 0 fully saturated rings. The number of hydrogen-bond donors (Lipinski definition) is 2. The molecule has 0 radical (unpaired) electrons. The Morgan fingerprint density at radius 1 is 1.43 bits per heavy atom. The number of nitrogens with one attached hydrogen (secondary N) is 2. The number of hydrogen-bond acceptors (Lipinski definition) is 3. The van der Waals surface area contributed by atoms with Crippen molar-refractivity contribution in [3.05, 3.63) is 5.69 Å². The van der Waals surface area contributed by atoms with Crippen molar-refractivity contribution in [1.82, 2.24) is 9.78 Å². The molecule has 14 heavy (non-hydrogen) atoms. The monoisotopic (exact) mass is 194 g/mol. The average molecular weight is 194 g/mol. The predicted octanol–water partition coefficient (Wildman–Crippen LogP) is 1.59. The van der Waals surface area contributed by atoms with E-state index in [2.05, 4.69) is 22.7 Å². The van der Waals surface area contributed by atoms with E-state index in [0.29, 0.717) is 5.92 Å². The van der Waals surface area contributed by atoms with Gasteiger partial charge < -0.3 is 10.6 Å². The van der Waals surface area contributed by atoms with Crippen molar-refractivity contribution >= 4 is 11.5 Å². The molecule has 78 valence electrons. The van der Waals surface area contributed by atoms with E-state index in [1.807, 2.05) is 18.7 Å². The SMILES string of the molecule is CCC1CNc2c(C)nn(C)c2NC1. The molecule has 2 rings (SSSR count). The van der Waals surface area contributed by atoms with Crippen LogP contribution in [-0.2, 0) is 7.05 Å². The zero-order valence-electron chi connectivity index (χ0n) is 9.09. The summed E-state index contributed by atoms with van der Waals surface area (Å²) in [7, 11) is 1.98. The molecule has 1 aliphatic heterocycles. The van der Waals surface area contributed by atoms with E-state index in [9.17, 15) is 0 Å². The van der Waals surface area contributed by atoms with Gasteiger partial charge in [0.2, 0.25) is 0 Å². The second-order valence-electron chi connectivity index (χ2n) is 3.97. The molecule has 0 aromatic carbocycles. The Morgan fingerprint density at radius 2 is 2.14 bits per heavy atom. The highest BCUT2D eigenvalue weighted by Crippen LogP contribution is 2.27. The molecule has 0 spiro atoms. The van der Waals surface area contributed by atoms with Crippen molar-refractivity contribution in [2.24, 2.45) is 13.0 Å². The van der Waals surface area contributed by atoms with E-state index in [1.54, 1.807) is 0 Å². The van der Waals surface area contributed by atoms with Crippen LogP contribution in [0.2, 0.25) is 0 Å². The number of nitrogens with zero attached hydrogens (tertiary/aromatic N) is 2. The number of fused-ring (bicyclic) bond motifs is 1. The molecule has 0 amide bonds. The molecule has 4 nitrogen and oxygen atoms in total. The highest BCUT2D eigenvalue weighted by atomic mass is 15.3. The smallest absolute Gasteiger partial charge is 0.147 e. The summed E-state index contributed by atoms with van der Waals surface area (Å²) in [6.45, 7) is 6.35. The number of aromatic nitrogens is 2. The third-order valence-electron chi connectivity index (χ3n) is 2.93.